The number of ether oxygens (including phenoxy) is 1. The lowest BCUT2D eigenvalue weighted by atomic mass is 10.1. The molecule has 2 amide bonds. The fraction of sp³-hybridized carbons (Fsp3) is 0.333. The smallest absolute Gasteiger partial charge is 0.247 e. The van der Waals surface area contributed by atoms with Gasteiger partial charge in [-0.15, -0.1) is 0 Å². The number of benzene rings is 1. The maximum absolute atomic E-state index is 11.4. The number of nitrogens with two attached hydrogens (primary N) is 1. The maximum atomic E-state index is 11.4. The lowest BCUT2D eigenvalue weighted by Gasteiger charge is -2.06. The highest BCUT2D eigenvalue weighted by Gasteiger charge is 2.04. The highest BCUT2D eigenvalue weighted by Crippen LogP contribution is 2.12. The second-order valence-electron chi connectivity index (χ2n) is 3.53. The number of rotatable bonds is 7. The van der Waals surface area contributed by atoms with Gasteiger partial charge >= 0.3 is 0 Å². The predicted octanol–water partition coefficient (Wildman–Crippen LogP) is 0.161. The minimum Gasteiger partial charge on any atom is -0.494 e. The van der Waals surface area contributed by atoms with E-state index in [-0.39, 0.29) is 18.9 Å². The van der Waals surface area contributed by atoms with E-state index in [4.69, 9.17) is 10.5 Å². The minimum atomic E-state index is -0.642. The first-order chi connectivity index (χ1) is 8.61. The van der Waals surface area contributed by atoms with E-state index >= 15 is 0 Å². The standard InChI is InChI=1S/C12H16N2O4/c1-2-17-10-5-3-9(4-6-10)7-12(16)14-18-8-11(13)15/h3-6H,2,7-8H2,1H3,(H2,13,15)(H,14,16). The van der Waals surface area contributed by atoms with Crippen molar-refractivity contribution in [2.24, 2.45) is 5.73 Å². The molecule has 1 aromatic carbocycles. The molecule has 18 heavy (non-hydrogen) atoms. The molecule has 6 nitrogen and oxygen atoms in total. The van der Waals surface area contributed by atoms with E-state index in [2.05, 4.69) is 10.3 Å². The van der Waals surface area contributed by atoms with Gasteiger partial charge in [0.25, 0.3) is 0 Å². The summed E-state index contributed by atoms with van der Waals surface area (Å²) in [7, 11) is 0. The average Bonchev–Trinajstić information content (AvgIpc) is 2.31. The Hall–Kier alpha value is -2.08. The third-order valence-electron chi connectivity index (χ3n) is 2.00. The topological polar surface area (TPSA) is 90.7 Å². The third kappa shape index (κ3) is 5.31. The number of amides is 2. The quantitative estimate of drug-likeness (QED) is 0.676. The molecule has 0 saturated carbocycles. The summed E-state index contributed by atoms with van der Waals surface area (Å²) in [6, 6.07) is 7.16. The maximum Gasteiger partial charge on any atom is 0.247 e. The Labute approximate surface area is 105 Å². The zero-order valence-electron chi connectivity index (χ0n) is 10.1. The second-order valence-corrected chi connectivity index (χ2v) is 3.53. The Morgan fingerprint density at radius 2 is 1.94 bits per heavy atom. The van der Waals surface area contributed by atoms with Crippen molar-refractivity contribution in [1.29, 1.82) is 0 Å². The van der Waals surface area contributed by atoms with Crippen LogP contribution in [0.2, 0.25) is 0 Å². The van der Waals surface area contributed by atoms with Crippen LogP contribution in [0.4, 0.5) is 0 Å². The Bertz CT molecular complexity index is 403. The van der Waals surface area contributed by atoms with Gasteiger partial charge in [0, 0.05) is 0 Å². The highest BCUT2D eigenvalue weighted by atomic mass is 16.7. The molecule has 0 radical (unpaired) electrons. The van der Waals surface area contributed by atoms with Gasteiger partial charge in [0.05, 0.1) is 13.0 Å². The first kappa shape index (κ1) is 14.0. The lowest BCUT2D eigenvalue weighted by molar-refractivity contribution is -0.137. The molecule has 1 aromatic rings. The first-order valence-corrected chi connectivity index (χ1v) is 5.52. The Morgan fingerprint density at radius 3 is 2.50 bits per heavy atom. The molecule has 3 N–H and O–H groups in total. The van der Waals surface area contributed by atoms with Crippen molar-refractivity contribution >= 4 is 11.8 Å². The van der Waals surface area contributed by atoms with E-state index in [0.717, 1.165) is 11.3 Å². The molecule has 0 bridgehead atoms. The summed E-state index contributed by atoms with van der Waals surface area (Å²) in [6.07, 6.45) is 0.158. The van der Waals surface area contributed by atoms with E-state index < -0.39 is 5.91 Å². The molecule has 6 heteroatoms. The number of nitrogens with one attached hydrogen (secondary N) is 1. The Balaban J connectivity index is 2.37. The predicted molar refractivity (Wildman–Crippen MR) is 64.6 cm³/mol. The van der Waals surface area contributed by atoms with E-state index in [1.165, 1.54) is 0 Å². The Kier molecular flexibility index (Phi) is 5.66. The van der Waals surface area contributed by atoms with Crippen molar-refractivity contribution in [3.8, 4) is 5.75 Å². The van der Waals surface area contributed by atoms with Gasteiger partial charge in [0.1, 0.15) is 5.75 Å². The summed E-state index contributed by atoms with van der Waals surface area (Å²) < 4.78 is 5.28. The molecular formula is C12H16N2O4. The average molecular weight is 252 g/mol. The van der Waals surface area contributed by atoms with Crippen molar-refractivity contribution < 1.29 is 19.2 Å². The monoisotopic (exact) mass is 252 g/mol. The van der Waals surface area contributed by atoms with Crippen LogP contribution in [-0.4, -0.2) is 25.0 Å². The van der Waals surface area contributed by atoms with Crippen molar-refractivity contribution in [3.05, 3.63) is 29.8 Å². The van der Waals surface area contributed by atoms with Crippen LogP contribution < -0.4 is 16.0 Å². The zero-order chi connectivity index (χ0) is 13.4. The van der Waals surface area contributed by atoms with Gasteiger partial charge in [0.2, 0.25) is 11.8 Å². The van der Waals surface area contributed by atoms with Crippen LogP contribution in [0.3, 0.4) is 0 Å². The second kappa shape index (κ2) is 7.29. The Morgan fingerprint density at radius 1 is 1.28 bits per heavy atom. The van der Waals surface area contributed by atoms with Crippen LogP contribution >= 0.6 is 0 Å². The van der Waals surface area contributed by atoms with Gasteiger partial charge in [-0.25, -0.2) is 5.48 Å². The molecule has 0 heterocycles. The van der Waals surface area contributed by atoms with Gasteiger partial charge in [-0.2, -0.15) is 0 Å². The van der Waals surface area contributed by atoms with Gasteiger partial charge in [0.15, 0.2) is 6.61 Å². The van der Waals surface area contributed by atoms with E-state index in [0.29, 0.717) is 6.61 Å². The van der Waals surface area contributed by atoms with Crippen molar-refractivity contribution in [2.75, 3.05) is 13.2 Å². The molecule has 1 rings (SSSR count). The minimum absolute atomic E-state index is 0.158. The molecule has 0 aliphatic heterocycles. The van der Waals surface area contributed by atoms with Gasteiger partial charge in [-0.05, 0) is 24.6 Å². The van der Waals surface area contributed by atoms with Crippen LogP contribution in [0, 0.1) is 0 Å². The number of hydrogen-bond acceptors (Lipinski definition) is 4. The molecule has 0 unspecified atom stereocenters. The number of carbonyl (C=O) groups is 2. The number of hydroxylamine groups is 1. The normalized spacial score (nSPS) is 9.83. The molecular weight excluding hydrogens is 236 g/mol. The fourth-order valence-corrected chi connectivity index (χ4v) is 1.28. The summed E-state index contributed by atoms with van der Waals surface area (Å²) in [5, 5.41) is 0. The number of primary amides is 1. The summed E-state index contributed by atoms with van der Waals surface area (Å²) in [4.78, 5) is 26.3. The largest absolute Gasteiger partial charge is 0.494 e. The fourth-order valence-electron chi connectivity index (χ4n) is 1.28. The summed E-state index contributed by atoms with van der Waals surface area (Å²) in [6.45, 7) is 2.16. The summed E-state index contributed by atoms with van der Waals surface area (Å²) in [5.74, 6) is -0.233. The molecule has 0 aliphatic carbocycles. The molecule has 0 atom stereocenters. The molecule has 0 saturated heterocycles. The van der Waals surface area contributed by atoms with Crippen LogP contribution in [-0.2, 0) is 20.8 Å². The van der Waals surface area contributed by atoms with Crippen LogP contribution in [0.15, 0.2) is 24.3 Å². The zero-order valence-corrected chi connectivity index (χ0v) is 10.1. The lowest BCUT2D eigenvalue weighted by Crippen LogP contribution is -2.30. The molecule has 0 fully saturated rings. The molecule has 98 valence electrons. The highest BCUT2D eigenvalue weighted by molar-refractivity contribution is 5.78. The van der Waals surface area contributed by atoms with Crippen LogP contribution in [0.1, 0.15) is 12.5 Å². The van der Waals surface area contributed by atoms with Crippen LogP contribution in [0.25, 0.3) is 0 Å². The van der Waals surface area contributed by atoms with Gasteiger partial charge in [-0.3, -0.25) is 14.4 Å². The van der Waals surface area contributed by atoms with E-state index in [1.807, 2.05) is 6.92 Å². The number of carbonyl (C=O) groups excluding carboxylic acids is 2. The SMILES string of the molecule is CCOc1ccc(CC(=O)NOCC(N)=O)cc1. The summed E-state index contributed by atoms with van der Waals surface area (Å²) >= 11 is 0. The molecule has 0 spiro atoms. The third-order valence-corrected chi connectivity index (χ3v) is 2.00. The van der Waals surface area contributed by atoms with Crippen LogP contribution in [0.5, 0.6) is 5.75 Å². The van der Waals surface area contributed by atoms with Crippen molar-refractivity contribution in [1.82, 2.24) is 5.48 Å². The van der Waals surface area contributed by atoms with E-state index in [9.17, 15) is 9.59 Å². The van der Waals surface area contributed by atoms with Crippen molar-refractivity contribution in [3.63, 3.8) is 0 Å². The van der Waals surface area contributed by atoms with E-state index in [1.54, 1.807) is 24.3 Å². The van der Waals surface area contributed by atoms with Gasteiger partial charge in [-0.1, -0.05) is 12.1 Å². The van der Waals surface area contributed by atoms with Gasteiger partial charge < -0.3 is 10.5 Å². The van der Waals surface area contributed by atoms with Crippen molar-refractivity contribution in [2.45, 2.75) is 13.3 Å². The first-order valence-electron chi connectivity index (χ1n) is 5.52. The summed E-state index contributed by atoms with van der Waals surface area (Å²) in [5.41, 5.74) is 7.80. The number of hydrogen-bond donors (Lipinski definition) is 2. The molecule has 0 aromatic heterocycles. The molecule has 0 aliphatic rings.